The molecule has 1 aromatic heterocycles. The predicted octanol–water partition coefficient (Wildman–Crippen LogP) is 3.03. The van der Waals surface area contributed by atoms with Crippen molar-refractivity contribution in [1.29, 1.82) is 5.26 Å². The lowest BCUT2D eigenvalue weighted by Crippen LogP contribution is -2.26. The smallest absolute Gasteiger partial charge is 0.249 e. The molecule has 1 amide bonds. The predicted molar refractivity (Wildman–Crippen MR) is 122 cm³/mol. The van der Waals surface area contributed by atoms with E-state index < -0.39 is 21.8 Å². The van der Waals surface area contributed by atoms with Crippen molar-refractivity contribution in [3.05, 3.63) is 77.9 Å². The Bertz CT molecular complexity index is 1280. The van der Waals surface area contributed by atoms with Gasteiger partial charge in [0.15, 0.2) is 5.92 Å². The SMILES string of the molecule is Cc1ccc(NC(=O)[C@@H](C#N)c2nccn2Cc2ccccc2)cc1N1CCCS1(=O)=O. The Morgan fingerprint density at radius 3 is 2.72 bits per heavy atom. The van der Waals surface area contributed by atoms with E-state index in [-0.39, 0.29) is 5.75 Å². The van der Waals surface area contributed by atoms with E-state index in [4.69, 9.17) is 0 Å². The number of imidazole rings is 1. The van der Waals surface area contributed by atoms with Crippen LogP contribution in [-0.4, -0.2) is 36.2 Å². The van der Waals surface area contributed by atoms with Gasteiger partial charge in [0.25, 0.3) is 0 Å². The number of carbonyl (C=O) groups excluding carboxylic acids is 1. The van der Waals surface area contributed by atoms with Crippen LogP contribution in [0.25, 0.3) is 0 Å². The Morgan fingerprint density at radius 2 is 2.03 bits per heavy atom. The van der Waals surface area contributed by atoms with Crippen LogP contribution in [0.2, 0.25) is 0 Å². The number of rotatable bonds is 6. The van der Waals surface area contributed by atoms with Crippen LogP contribution in [0.4, 0.5) is 11.4 Å². The van der Waals surface area contributed by atoms with E-state index in [0.29, 0.717) is 36.7 Å². The molecular formula is C23H23N5O3S. The van der Waals surface area contributed by atoms with Crippen LogP contribution >= 0.6 is 0 Å². The monoisotopic (exact) mass is 449 g/mol. The van der Waals surface area contributed by atoms with E-state index in [1.54, 1.807) is 35.2 Å². The van der Waals surface area contributed by atoms with E-state index in [9.17, 15) is 18.5 Å². The van der Waals surface area contributed by atoms with Crippen LogP contribution in [0, 0.1) is 18.3 Å². The highest BCUT2D eigenvalue weighted by molar-refractivity contribution is 7.93. The molecule has 0 radical (unpaired) electrons. The average molecular weight is 450 g/mol. The van der Waals surface area contributed by atoms with E-state index in [1.165, 1.54) is 4.31 Å². The van der Waals surface area contributed by atoms with Gasteiger partial charge in [0.1, 0.15) is 5.82 Å². The summed E-state index contributed by atoms with van der Waals surface area (Å²) in [7, 11) is -3.34. The number of anilines is 2. The van der Waals surface area contributed by atoms with Gasteiger partial charge in [-0.1, -0.05) is 36.4 Å². The minimum atomic E-state index is -3.34. The maximum atomic E-state index is 13.0. The molecule has 8 nitrogen and oxygen atoms in total. The molecule has 1 aliphatic heterocycles. The highest BCUT2D eigenvalue weighted by Gasteiger charge is 2.30. The molecule has 0 aliphatic carbocycles. The summed E-state index contributed by atoms with van der Waals surface area (Å²) >= 11 is 0. The van der Waals surface area contributed by atoms with E-state index in [0.717, 1.165) is 11.1 Å². The number of nitriles is 1. The summed E-state index contributed by atoms with van der Waals surface area (Å²) in [5.41, 5.74) is 2.79. The van der Waals surface area contributed by atoms with Gasteiger partial charge in [-0.3, -0.25) is 9.10 Å². The molecule has 3 aromatic rings. The summed E-state index contributed by atoms with van der Waals surface area (Å²) in [6, 6.07) is 16.8. The topological polar surface area (TPSA) is 108 Å². The molecule has 32 heavy (non-hydrogen) atoms. The minimum Gasteiger partial charge on any atom is -0.329 e. The van der Waals surface area contributed by atoms with Crippen molar-refractivity contribution in [2.75, 3.05) is 21.9 Å². The summed E-state index contributed by atoms with van der Waals surface area (Å²) in [5.74, 6) is -1.17. The van der Waals surface area contributed by atoms with Gasteiger partial charge in [0, 0.05) is 31.2 Å². The zero-order valence-corrected chi connectivity index (χ0v) is 18.4. The number of hydrogen-bond acceptors (Lipinski definition) is 5. The molecule has 1 atom stereocenters. The number of aromatic nitrogens is 2. The number of hydrogen-bond donors (Lipinski definition) is 1. The second kappa shape index (κ2) is 8.85. The second-order valence-corrected chi connectivity index (χ2v) is 9.71. The first-order chi connectivity index (χ1) is 15.4. The van der Waals surface area contributed by atoms with Gasteiger partial charge in [-0.05, 0) is 36.6 Å². The minimum absolute atomic E-state index is 0.115. The number of sulfonamides is 1. The van der Waals surface area contributed by atoms with Crippen LogP contribution < -0.4 is 9.62 Å². The Labute approximate surface area is 187 Å². The molecule has 1 saturated heterocycles. The Hall–Kier alpha value is -3.64. The lowest BCUT2D eigenvalue weighted by Gasteiger charge is -2.20. The Morgan fingerprint density at radius 1 is 1.25 bits per heavy atom. The van der Waals surface area contributed by atoms with Crippen LogP contribution in [0.5, 0.6) is 0 Å². The fraction of sp³-hybridized carbons (Fsp3) is 0.261. The lowest BCUT2D eigenvalue weighted by molar-refractivity contribution is -0.116. The summed E-state index contributed by atoms with van der Waals surface area (Å²) in [4.78, 5) is 17.2. The molecule has 2 heterocycles. The quantitative estimate of drug-likeness (QED) is 0.622. The molecular weight excluding hydrogens is 426 g/mol. The fourth-order valence-corrected chi connectivity index (χ4v) is 5.43. The van der Waals surface area contributed by atoms with E-state index >= 15 is 0 Å². The van der Waals surface area contributed by atoms with Crippen molar-refractivity contribution in [3.8, 4) is 6.07 Å². The van der Waals surface area contributed by atoms with Crippen molar-refractivity contribution < 1.29 is 13.2 Å². The molecule has 1 aliphatic rings. The van der Waals surface area contributed by atoms with Crippen molar-refractivity contribution in [2.24, 2.45) is 0 Å². The first kappa shape index (κ1) is 21.6. The summed E-state index contributed by atoms with van der Waals surface area (Å²) in [6.07, 6.45) is 3.87. The maximum absolute atomic E-state index is 13.0. The fourth-order valence-electron chi connectivity index (χ4n) is 3.81. The van der Waals surface area contributed by atoms with Crippen LogP contribution in [-0.2, 0) is 21.4 Å². The molecule has 2 aromatic carbocycles. The number of amides is 1. The van der Waals surface area contributed by atoms with E-state index in [2.05, 4.69) is 10.3 Å². The molecule has 0 bridgehead atoms. The van der Waals surface area contributed by atoms with Gasteiger partial charge < -0.3 is 9.88 Å². The standard InChI is InChI=1S/C23H23N5O3S/c1-17-8-9-19(14-21(17)28-11-5-13-32(28,30)31)26-23(29)20(15-24)22-25-10-12-27(22)16-18-6-3-2-4-7-18/h2-4,6-10,12,14,20H,5,11,13,16H2,1H3,(H,26,29)/t20-/m0/s1. The van der Waals surface area contributed by atoms with Crippen LogP contribution in [0.15, 0.2) is 60.9 Å². The molecule has 1 fully saturated rings. The molecule has 4 rings (SSSR count). The third-order valence-corrected chi connectivity index (χ3v) is 7.29. The van der Waals surface area contributed by atoms with Gasteiger partial charge in [0.05, 0.1) is 17.5 Å². The normalized spacial score (nSPS) is 15.8. The highest BCUT2D eigenvalue weighted by Crippen LogP contribution is 2.30. The third kappa shape index (κ3) is 4.36. The number of nitrogens with zero attached hydrogens (tertiary/aromatic N) is 4. The molecule has 1 N–H and O–H groups in total. The van der Waals surface area contributed by atoms with Gasteiger partial charge in [-0.2, -0.15) is 5.26 Å². The van der Waals surface area contributed by atoms with Crippen molar-refractivity contribution in [3.63, 3.8) is 0 Å². The summed E-state index contributed by atoms with van der Waals surface area (Å²) < 4.78 is 27.8. The first-order valence-electron chi connectivity index (χ1n) is 10.3. The Balaban J connectivity index is 1.56. The van der Waals surface area contributed by atoms with Crippen molar-refractivity contribution in [2.45, 2.75) is 25.8 Å². The van der Waals surface area contributed by atoms with Gasteiger partial charge in [-0.25, -0.2) is 13.4 Å². The highest BCUT2D eigenvalue weighted by atomic mass is 32.2. The maximum Gasteiger partial charge on any atom is 0.249 e. The number of carbonyl (C=O) groups is 1. The lowest BCUT2D eigenvalue weighted by atomic mass is 10.1. The zero-order valence-electron chi connectivity index (χ0n) is 17.6. The van der Waals surface area contributed by atoms with Crippen LogP contribution in [0.1, 0.15) is 29.3 Å². The van der Waals surface area contributed by atoms with Crippen LogP contribution in [0.3, 0.4) is 0 Å². The van der Waals surface area contributed by atoms with E-state index in [1.807, 2.05) is 43.3 Å². The van der Waals surface area contributed by atoms with Crippen molar-refractivity contribution in [1.82, 2.24) is 9.55 Å². The Kier molecular flexibility index (Phi) is 5.97. The first-order valence-corrected chi connectivity index (χ1v) is 11.9. The molecule has 164 valence electrons. The molecule has 9 heteroatoms. The second-order valence-electron chi connectivity index (χ2n) is 7.69. The molecule has 0 spiro atoms. The zero-order chi connectivity index (χ0) is 22.7. The average Bonchev–Trinajstić information content (AvgIpc) is 3.36. The third-order valence-electron chi connectivity index (χ3n) is 5.44. The summed E-state index contributed by atoms with van der Waals surface area (Å²) in [6.45, 7) is 2.73. The number of aryl methyl sites for hydroxylation is 1. The van der Waals surface area contributed by atoms with Gasteiger partial charge >= 0.3 is 0 Å². The van der Waals surface area contributed by atoms with Gasteiger partial charge in [-0.15, -0.1) is 0 Å². The number of benzene rings is 2. The molecule has 0 saturated carbocycles. The largest absolute Gasteiger partial charge is 0.329 e. The summed E-state index contributed by atoms with van der Waals surface area (Å²) in [5, 5.41) is 12.5. The number of nitrogens with one attached hydrogen (secondary N) is 1. The molecule has 0 unspecified atom stereocenters. The van der Waals surface area contributed by atoms with Gasteiger partial charge in [0.2, 0.25) is 15.9 Å². The van der Waals surface area contributed by atoms with Crippen molar-refractivity contribution >= 4 is 27.3 Å².